The van der Waals surface area contributed by atoms with Crippen LogP contribution in [0.15, 0.2) is 42.5 Å². The van der Waals surface area contributed by atoms with Gasteiger partial charge in [-0.15, -0.1) is 0 Å². The quantitative estimate of drug-likeness (QED) is 0.359. The van der Waals surface area contributed by atoms with E-state index in [-0.39, 0.29) is 53.6 Å². The first-order valence-corrected chi connectivity index (χ1v) is 17.6. The van der Waals surface area contributed by atoms with E-state index in [0.717, 1.165) is 11.3 Å². The van der Waals surface area contributed by atoms with Crippen LogP contribution in [0.2, 0.25) is 0 Å². The minimum absolute atomic E-state index is 0.0844. The highest BCUT2D eigenvalue weighted by Crippen LogP contribution is 2.41. The summed E-state index contributed by atoms with van der Waals surface area (Å²) in [6.07, 6.45) is 1.38. The number of amides is 2. The highest BCUT2D eigenvalue weighted by atomic mass is 32.2. The summed E-state index contributed by atoms with van der Waals surface area (Å²) in [7, 11) is -2.11. The summed E-state index contributed by atoms with van der Waals surface area (Å²) in [6, 6.07) is 8.56. The molecule has 3 saturated heterocycles. The molecule has 1 unspecified atom stereocenters. The monoisotopic (exact) mass is 662 g/mol. The smallest absolute Gasteiger partial charge is 0.407 e. The van der Waals surface area contributed by atoms with Gasteiger partial charge >= 0.3 is 6.09 Å². The maximum Gasteiger partial charge on any atom is 0.407 e. The number of carbonyl (C=O) groups is 2. The molecule has 0 radical (unpaired) electrons. The topological polar surface area (TPSA) is 128 Å². The molecule has 2 aromatic carbocycles. The van der Waals surface area contributed by atoms with Gasteiger partial charge < -0.3 is 20.5 Å². The first-order chi connectivity index (χ1) is 21.8. The predicted octanol–water partition coefficient (Wildman–Crippen LogP) is 4.57. The number of nitrogens with one attached hydrogen (secondary N) is 2. The Kier molecular flexibility index (Phi) is 10.7. The zero-order valence-corrected chi connectivity index (χ0v) is 27.3. The highest BCUT2D eigenvalue weighted by Gasteiger charge is 2.43. The minimum Gasteiger partial charge on any atom is -0.465 e. The van der Waals surface area contributed by atoms with E-state index in [4.69, 9.17) is 4.74 Å². The maximum absolute atomic E-state index is 15.4. The normalized spacial score (nSPS) is 28.8. The van der Waals surface area contributed by atoms with E-state index < -0.39 is 45.6 Å². The van der Waals surface area contributed by atoms with Gasteiger partial charge in [-0.3, -0.25) is 9.69 Å². The van der Waals surface area contributed by atoms with Crippen molar-refractivity contribution in [2.45, 2.75) is 88.6 Å². The molecule has 0 aliphatic carbocycles. The van der Waals surface area contributed by atoms with Crippen molar-refractivity contribution in [1.29, 1.82) is 0 Å². The van der Waals surface area contributed by atoms with E-state index >= 15 is 4.39 Å². The van der Waals surface area contributed by atoms with Gasteiger partial charge in [0.2, 0.25) is 15.9 Å². The molecule has 2 bridgehead atoms. The van der Waals surface area contributed by atoms with Gasteiger partial charge in [-0.25, -0.2) is 22.0 Å². The zero-order chi connectivity index (χ0) is 33.2. The van der Waals surface area contributed by atoms with Crippen LogP contribution >= 0.6 is 0 Å². The molecule has 7 atom stereocenters. The number of ether oxygens (including phenoxy) is 1. The fraction of sp³-hybridized carbons (Fsp3) is 0.576. The fourth-order valence-corrected chi connectivity index (χ4v) is 9.35. The van der Waals surface area contributed by atoms with Gasteiger partial charge in [-0.2, -0.15) is 4.31 Å². The summed E-state index contributed by atoms with van der Waals surface area (Å²) in [5, 5.41) is 16.4. The summed E-state index contributed by atoms with van der Waals surface area (Å²) in [5.74, 6) is -2.39. The number of hydrogen-bond acceptors (Lipinski definition) is 6. The Labute approximate surface area is 269 Å². The average Bonchev–Trinajstić information content (AvgIpc) is 3.11. The number of carboxylic acid groups (broad SMARTS) is 1. The number of benzene rings is 2. The lowest BCUT2D eigenvalue weighted by molar-refractivity contribution is -0.123. The Morgan fingerprint density at radius 2 is 1.83 bits per heavy atom. The lowest BCUT2D eigenvalue weighted by atomic mass is 9.73. The van der Waals surface area contributed by atoms with Gasteiger partial charge in [0.25, 0.3) is 0 Å². The molecular weight excluding hydrogens is 618 g/mol. The van der Waals surface area contributed by atoms with Crippen LogP contribution in [-0.4, -0.2) is 91.0 Å². The van der Waals surface area contributed by atoms with Crippen molar-refractivity contribution in [2.24, 2.45) is 5.92 Å². The molecule has 0 saturated carbocycles. The van der Waals surface area contributed by atoms with Gasteiger partial charge in [0, 0.05) is 49.4 Å². The summed E-state index contributed by atoms with van der Waals surface area (Å²) >= 11 is 0. The Morgan fingerprint density at radius 1 is 1.13 bits per heavy atom. The molecule has 2 aromatic rings. The van der Waals surface area contributed by atoms with Crippen LogP contribution in [0.1, 0.15) is 63.0 Å². The Balaban J connectivity index is 1.44. The van der Waals surface area contributed by atoms with Crippen molar-refractivity contribution in [3.8, 4) is 0 Å². The van der Waals surface area contributed by atoms with Crippen molar-refractivity contribution in [2.75, 3.05) is 31.2 Å². The third-order valence-corrected chi connectivity index (χ3v) is 11.7. The maximum atomic E-state index is 15.4. The average molecular weight is 663 g/mol. The standard InChI is InChI=1S/C33H44F2N4O6S/c1-20-16-23(17-21(2)45-20)30(22-9-11-24(34)12-10-22)31(38(3)33(41)42)32(40)37-29-8-4-7-28(35)27(29)14-13-26-18-36-25-6-5-15-46(43,44)39(26)19-25/h4,7-12,20-21,23,25-26,30-31,36H,5-6,13-19H2,1-3H3,(H,37,40)(H,41,42)/t20-,21-,25-,26+,30+,31+/m1/s1. The van der Waals surface area contributed by atoms with Crippen molar-refractivity contribution in [3.63, 3.8) is 0 Å². The number of sulfonamides is 1. The van der Waals surface area contributed by atoms with Crippen LogP contribution in [0.3, 0.4) is 0 Å². The lowest BCUT2D eigenvalue weighted by Gasteiger charge is -2.42. The molecule has 10 nitrogen and oxygen atoms in total. The molecule has 46 heavy (non-hydrogen) atoms. The van der Waals surface area contributed by atoms with Gasteiger partial charge in [0.15, 0.2) is 0 Å². The SMILES string of the molecule is C[C@@H]1CC([C@H](c2ccc(F)cc2)[C@@H](C(=O)Nc2cccc(F)c2CC[C@H]2CN[C@@H]3CCCS(=O)(=O)N2C3)N(C)C(=O)O)C[C@@H](C)O1. The van der Waals surface area contributed by atoms with E-state index in [9.17, 15) is 27.5 Å². The third-order valence-electron chi connectivity index (χ3n) is 9.69. The summed E-state index contributed by atoms with van der Waals surface area (Å²) < 4.78 is 62.8. The van der Waals surface area contributed by atoms with Crippen LogP contribution in [0.25, 0.3) is 0 Å². The lowest BCUT2D eigenvalue weighted by Crippen LogP contribution is -2.57. The molecule has 3 heterocycles. The molecule has 0 aromatic heterocycles. The van der Waals surface area contributed by atoms with Crippen molar-refractivity contribution < 1.29 is 36.6 Å². The fourth-order valence-electron chi connectivity index (χ4n) is 7.54. The highest BCUT2D eigenvalue weighted by molar-refractivity contribution is 7.89. The van der Waals surface area contributed by atoms with E-state index in [0.29, 0.717) is 44.3 Å². The molecule has 252 valence electrons. The Bertz CT molecular complexity index is 1500. The van der Waals surface area contributed by atoms with Gasteiger partial charge in [0.1, 0.15) is 17.7 Å². The minimum atomic E-state index is -3.43. The van der Waals surface area contributed by atoms with Crippen molar-refractivity contribution >= 4 is 27.7 Å². The van der Waals surface area contributed by atoms with Gasteiger partial charge in [-0.1, -0.05) is 18.2 Å². The summed E-state index contributed by atoms with van der Waals surface area (Å²) in [6.45, 7) is 4.69. The first kappa shape index (κ1) is 34.2. The Morgan fingerprint density at radius 3 is 2.50 bits per heavy atom. The molecule has 2 amide bonds. The van der Waals surface area contributed by atoms with E-state index in [1.807, 2.05) is 13.8 Å². The molecule has 3 aliphatic rings. The van der Waals surface area contributed by atoms with Gasteiger partial charge in [0.05, 0.1) is 18.0 Å². The molecule has 3 aliphatic heterocycles. The van der Waals surface area contributed by atoms with Crippen LogP contribution in [0.5, 0.6) is 0 Å². The molecular formula is C33H44F2N4O6S. The second-order valence-electron chi connectivity index (χ2n) is 13.0. The number of rotatable bonds is 9. The molecule has 5 rings (SSSR count). The number of hydrogen-bond donors (Lipinski definition) is 3. The van der Waals surface area contributed by atoms with Crippen molar-refractivity contribution in [3.05, 3.63) is 65.2 Å². The largest absolute Gasteiger partial charge is 0.465 e. The molecule has 3 N–H and O–H groups in total. The first-order valence-electron chi connectivity index (χ1n) is 16.0. The van der Waals surface area contributed by atoms with E-state index in [2.05, 4.69) is 10.6 Å². The predicted molar refractivity (Wildman–Crippen MR) is 170 cm³/mol. The van der Waals surface area contributed by atoms with E-state index in [1.54, 1.807) is 22.5 Å². The summed E-state index contributed by atoms with van der Waals surface area (Å²) in [5.41, 5.74) is 1.02. The molecule has 13 heteroatoms. The third kappa shape index (κ3) is 7.70. The number of carbonyl (C=O) groups excluding carboxylic acids is 1. The van der Waals surface area contributed by atoms with Crippen LogP contribution < -0.4 is 10.6 Å². The van der Waals surface area contributed by atoms with E-state index in [1.165, 1.54) is 31.3 Å². The number of anilines is 1. The molecule has 0 spiro atoms. The number of likely N-dealkylation sites (N-methyl/N-ethyl adjacent to an activating group) is 1. The molecule has 3 fully saturated rings. The van der Waals surface area contributed by atoms with Crippen LogP contribution in [-0.2, 0) is 26.0 Å². The second-order valence-corrected chi connectivity index (χ2v) is 15.0. The number of nitrogens with zero attached hydrogens (tertiary/aromatic N) is 2. The van der Waals surface area contributed by atoms with Crippen LogP contribution in [0, 0.1) is 17.6 Å². The Hall–Kier alpha value is -3.13. The number of fused-ring (bicyclic) bond motifs is 2. The number of piperazine rings is 1. The number of halogens is 2. The second kappa shape index (κ2) is 14.3. The van der Waals surface area contributed by atoms with Crippen molar-refractivity contribution in [1.82, 2.24) is 14.5 Å². The zero-order valence-electron chi connectivity index (χ0n) is 26.5. The van der Waals surface area contributed by atoms with Gasteiger partial charge in [-0.05, 0) is 88.1 Å². The van der Waals surface area contributed by atoms with Crippen LogP contribution in [0.4, 0.5) is 19.3 Å². The summed E-state index contributed by atoms with van der Waals surface area (Å²) in [4.78, 5) is 27.6.